The second-order valence-corrected chi connectivity index (χ2v) is 6.47. The molecule has 0 aromatic carbocycles. The Balaban J connectivity index is 1.74. The van der Waals surface area contributed by atoms with Gasteiger partial charge in [0.2, 0.25) is 0 Å². The Morgan fingerprint density at radius 1 is 1.35 bits per heavy atom. The van der Waals surface area contributed by atoms with Crippen LogP contribution in [0.15, 0.2) is 40.1 Å². The highest BCUT2D eigenvalue weighted by molar-refractivity contribution is 7.14. The van der Waals surface area contributed by atoms with Gasteiger partial charge in [0.1, 0.15) is 10.8 Å². The van der Waals surface area contributed by atoms with E-state index in [2.05, 4.69) is 4.98 Å². The molecule has 1 atom stereocenters. The molecule has 116 valence electrons. The number of thiophene rings is 1. The third kappa shape index (κ3) is 3.35. The molecule has 0 spiro atoms. The van der Waals surface area contributed by atoms with Gasteiger partial charge in [0, 0.05) is 22.4 Å². The zero-order valence-electron chi connectivity index (χ0n) is 12.0. The van der Waals surface area contributed by atoms with E-state index in [-0.39, 0.29) is 5.76 Å². The number of hydrogen-bond donors (Lipinski definition) is 0. The van der Waals surface area contributed by atoms with Gasteiger partial charge in [-0.25, -0.2) is 4.98 Å². The summed E-state index contributed by atoms with van der Waals surface area (Å²) in [6, 6.07) is 1.97. The summed E-state index contributed by atoms with van der Waals surface area (Å²) in [6.07, 6.45) is 3.86. The number of esters is 1. The standard InChI is InChI=1S/C16H11NO4S2/c1-9-6-13(19)14(16(20)21-9)12(18)3-2-11-8-23-15(17-11)10-4-5-22-7-10/h2-8,14H,1H3. The average molecular weight is 345 g/mol. The van der Waals surface area contributed by atoms with Crippen LogP contribution in [-0.2, 0) is 19.1 Å². The van der Waals surface area contributed by atoms with Crippen LogP contribution in [0.3, 0.4) is 0 Å². The molecule has 0 aliphatic carbocycles. The van der Waals surface area contributed by atoms with Crippen molar-refractivity contribution in [1.29, 1.82) is 0 Å². The third-order valence-electron chi connectivity index (χ3n) is 3.12. The molecule has 3 rings (SSSR count). The van der Waals surface area contributed by atoms with Crippen molar-refractivity contribution in [2.75, 3.05) is 0 Å². The Bertz CT molecular complexity index is 830. The molecular weight excluding hydrogens is 334 g/mol. The highest BCUT2D eigenvalue weighted by Gasteiger charge is 2.36. The smallest absolute Gasteiger partial charge is 0.329 e. The molecule has 2 aromatic rings. The summed E-state index contributed by atoms with van der Waals surface area (Å²) >= 11 is 3.04. The lowest BCUT2D eigenvalue weighted by molar-refractivity contribution is -0.151. The maximum atomic E-state index is 12.1. The summed E-state index contributed by atoms with van der Waals surface area (Å²) in [6.45, 7) is 1.49. The predicted octanol–water partition coefficient (Wildman–Crippen LogP) is 3.10. The second-order valence-electron chi connectivity index (χ2n) is 4.84. The molecule has 0 N–H and O–H groups in total. The first-order valence-corrected chi connectivity index (χ1v) is 8.50. The quantitative estimate of drug-likeness (QED) is 0.484. The fourth-order valence-corrected chi connectivity index (χ4v) is 3.55. The van der Waals surface area contributed by atoms with Crippen LogP contribution in [0.1, 0.15) is 12.6 Å². The summed E-state index contributed by atoms with van der Waals surface area (Å²) < 4.78 is 4.83. The van der Waals surface area contributed by atoms with Crippen molar-refractivity contribution >= 4 is 46.3 Å². The molecule has 5 nitrogen and oxygen atoms in total. The minimum absolute atomic E-state index is 0.202. The minimum Gasteiger partial charge on any atom is -0.430 e. The van der Waals surface area contributed by atoms with Crippen LogP contribution < -0.4 is 0 Å². The van der Waals surface area contributed by atoms with Gasteiger partial charge in [-0.05, 0) is 30.5 Å². The first kappa shape index (κ1) is 15.5. The predicted molar refractivity (Wildman–Crippen MR) is 87.8 cm³/mol. The number of hydrogen-bond acceptors (Lipinski definition) is 7. The number of allylic oxidation sites excluding steroid dienone is 3. The molecule has 0 bridgehead atoms. The molecule has 1 unspecified atom stereocenters. The van der Waals surface area contributed by atoms with E-state index in [0.29, 0.717) is 5.69 Å². The summed E-state index contributed by atoms with van der Waals surface area (Å²) in [5.41, 5.74) is 1.63. The van der Waals surface area contributed by atoms with Crippen LogP contribution in [0, 0.1) is 5.92 Å². The van der Waals surface area contributed by atoms with Gasteiger partial charge in [0.05, 0.1) is 5.69 Å². The van der Waals surface area contributed by atoms with Gasteiger partial charge in [-0.3, -0.25) is 14.4 Å². The number of ketones is 2. The van der Waals surface area contributed by atoms with E-state index >= 15 is 0 Å². The maximum Gasteiger partial charge on any atom is 0.329 e. The highest BCUT2D eigenvalue weighted by atomic mass is 32.1. The van der Waals surface area contributed by atoms with E-state index in [4.69, 9.17) is 4.74 Å². The Morgan fingerprint density at radius 2 is 2.17 bits per heavy atom. The van der Waals surface area contributed by atoms with Crippen molar-refractivity contribution < 1.29 is 19.1 Å². The van der Waals surface area contributed by atoms with Crippen LogP contribution in [0.25, 0.3) is 16.6 Å². The number of rotatable bonds is 4. The maximum absolute atomic E-state index is 12.1. The van der Waals surface area contributed by atoms with Crippen molar-refractivity contribution in [3.63, 3.8) is 0 Å². The molecule has 1 aliphatic heterocycles. The second kappa shape index (κ2) is 6.39. The van der Waals surface area contributed by atoms with E-state index in [1.54, 1.807) is 11.3 Å². The van der Waals surface area contributed by atoms with Crippen LogP contribution in [-0.4, -0.2) is 22.5 Å². The molecule has 23 heavy (non-hydrogen) atoms. The summed E-state index contributed by atoms with van der Waals surface area (Å²) in [5.74, 6) is -3.20. The number of carbonyl (C=O) groups excluding carboxylic acids is 3. The summed E-state index contributed by atoms with van der Waals surface area (Å²) in [7, 11) is 0. The number of aromatic nitrogens is 1. The van der Waals surface area contributed by atoms with Gasteiger partial charge in [-0.2, -0.15) is 11.3 Å². The first-order chi connectivity index (χ1) is 11.0. The van der Waals surface area contributed by atoms with Crippen LogP contribution in [0.4, 0.5) is 0 Å². The fraction of sp³-hybridized carbons (Fsp3) is 0.125. The lowest BCUT2D eigenvalue weighted by Crippen LogP contribution is -2.34. The average Bonchev–Trinajstić information content (AvgIpc) is 3.15. The molecule has 1 aliphatic rings. The zero-order valence-corrected chi connectivity index (χ0v) is 13.6. The van der Waals surface area contributed by atoms with Crippen molar-refractivity contribution in [1.82, 2.24) is 4.98 Å². The van der Waals surface area contributed by atoms with Crippen LogP contribution in [0.2, 0.25) is 0 Å². The lowest BCUT2D eigenvalue weighted by Gasteiger charge is -2.15. The van der Waals surface area contributed by atoms with E-state index in [1.165, 1.54) is 30.4 Å². The Morgan fingerprint density at radius 3 is 2.87 bits per heavy atom. The monoisotopic (exact) mass is 345 g/mol. The van der Waals surface area contributed by atoms with Crippen molar-refractivity contribution in [2.45, 2.75) is 6.92 Å². The Hall–Kier alpha value is -2.38. The van der Waals surface area contributed by atoms with E-state index in [1.807, 2.05) is 22.2 Å². The Labute approximate surface area is 139 Å². The molecule has 2 aromatic heterocycles. The first-order valence-electron chi connectivity index (χ1n) is 6.68. The Kier molecular flexibility index (Phi) is 4.31. The topological polar surface area (TPSA) is 73.3 Å². The molecular formula is C16H11NO4S2. The van der Waals surface area contributed by atoms with Crippen molar-refractivity contribution in [3.8, 4) is 10.6 Å². The van der Waals surface area contributed by atoms with E-state index in [9.17, 15) is 14.4 Å². The zero-order chi connectivity index (χ0) is 16.4. The number of thiazole rings is 1. The van der Waals surface area contributed by atoms with E-state index in [0.717, 1.165) is 16.6 Å². The number of carbonyl (C=O) groups is 3. The molecule has 0 radical (unpaired) electrons. The number of nitrogens with zero attached hydrogens (tertiary/aromatic N) is 1. The normalized spacial score (nSPS) is 18.1. The van der Waals surface area contributed by atoms with Gasteiger partial charge in [-0.15, -0.1) is 11.3 Å². The third-order valence-corrected chi connectivity index (χ3v) is 4.71. The van der Waals surface area contributed by atoms with Crippen LogP contribution >= 0.6 is 22.7 Å². The van der Waals surface area contributed by atoms with Crippen molar-refractivity contribution in [3.05, 3.63) is 45.8 Å². The van der Waals surface area contributed by atoms with Gasteiger partial charge in [-0.1, -0.05) is 0 Å². The van der Waals surface area contributed by atoms with Gasteiger partial charge >= 0.3 is 5.97 Å². The van der Waals surface area contributed by atoms with Gasteiger partial charge in [0.25, 0.3) is 0 Å². The highest BCUT2D eigenvalue weighted by Crippen LogP contribution is 2.26. The molecule has 0 amide bonds. The van der Waals surface area contributed by atoms with Crippen LogP contribution in [0.5, 0.6) is 0 Å². The largest absolute Gasteiger partial charge is 0.430 e. The molecule has 7 heteroatoms. The lowest BCUT2D eigenvalue weighted by atomic mass is 9.96. The summed E-state index contributed by atoms with van der Waals surface area (Å²) in [4.78, 5) is 39.9. The molecule has 0 fully saturated rings. The molecule has 0 saturated carbocycles. The number of ether oxygens (including phenoxy) is 1. The fourth-order valence-electron chi connectivity index (χ4n) is 2.05. The van der Waals surface area contributed by atoms with Gasteiger partial charge in [0.15, 0.2) is 17.5 Å². The molecule has 3 heterocycles. The summed E-state index contributed by atoms with van der Waals surface area (Å²) in [5, 5.41) is 6.61. The van der Waals surface area contributed by atoms with E-state index < -0.39 is 23.5 Å². The van der Waals surface area contributed by atoms with Crippen molar-refractivity contribution in [2.24, 2.45) is 5.92 Å². The minimum atomic E-state index is -1.41. The number of cyclic esters (lactones) is 1. The molecule has 0 saturated heterocycles. The van der Waals surface area contributed by atoms with Gasteiger partial charge < -0.3 is 4.74 Å². The SMILES string of the molecule is CC1=CC(=O)C(C(=O)C=Cc2csc(-c3ccsc3)n2)C(=O)O1.